The van der Waals surface area contributed by atoms with Crippen molar-refractivity contribution in [3.63, 3.8) is 0 Å². The average Bonchev–Trinajstić information content (AvgIpc) is 2.66. The van der Waals surface area contributed by atoms with Gasteiger partial charge in [-0.05, 0) is 60.6 Å². The van der Waals surface area contributed by atoms with Gasteiger partial charge in [0.05, 0.1) is 5.60 Å². The third-order valence-corrected chi connectivity index (χ3v) is 6.56. The monoisotopic (exact) mass is 368 g/mol. The quantitative estimate of drug-likeness (QED) is 0.771. The van der Waals surface area contributed by atoms with Crippen LogP contribution < -0.4 is 0 Å². The Bertz CT molecular complexity index is 799. The van der Waals surface area contributed by atoms with Crippen LogP contribution in [-0.2, 0) is 15.8 Å². The summed E-state index contributed by atoms with van der Waals surface area (Å²) in [6.07, 6.45) is 3.25. The van der Waals surface area contributed by atoms with Crippen LogP contribution in [-0.4, -0.2) is 23.4 Å². The number of phenolic OH excluding ortho intramolecular Hbond substituents is 1. The number of benzene rings is 2. The van der Waals surface area contributed by atoms with Crippen molar-refractivity contribution in [3.05, 3.63) is 64.2 Å². The third kappa shape index (κ3) is 3.51. The maximum atomic E-state index is 11.1. The van der Waals surface area contributed by atoms with Gasteiger partial charge in [-0.15, -0.1) is 0 Å². The first-order valence-corrected chi connectivity index (χ1v) is 10.1. The summed E-state index contributed by atoms with van der Waals surface area (Å²) in [6, 6.07) is 12.5. The normalized spacial score (nSPS) is 17.1. The van der Waals surface area contributed by atoms with Gasteiger partial charge in [0, 0.05) is 31.5 Å². The summed E-state index contributed by atoms with van der Waals surface area (Å²) >= 11 is 0. The predicted molar refractivity (Wildman–Crippen MR) is 109 cm³/mol. The molecular formula is C24H32O3. The van der Waals surface area contributed by atoms with Crippen molar-refractivity contribution >= 4 is 0 Å². The Labute approximate surface area is 163 Å². The first-order chi connectivity index (χ1) is 12.9. The van der Waals surface area contributed by atoms with Crippen LogP contribution >= 0.6 is 0 Å². The van der Waals surface area contributed by atoms with E-state index in [-0.39, 0.29) is 5.41 Å². The minimum atomic E-state index is -0.781. The molecule has 1 fully saturated rings. The zero-order chi connectivity index (χ0) is 19.7. The highest BCUT2D eigenvalue weighted by Gasteiger charge is 2.35. The van der Waals surface area contributed by atoms with Crippen molar-refractivity contribution in [2.45, 2.75) is 64.4 Å². The molecule has 27 heavy (non-hydrogen) atoms. The van der Waals surface area contributed by atoms with Crippen molar-refractivity contribution in [1.29, 1.82) is 0 Å². The molecule has 2 aromatic carbocycles. The summed E-state index contributed by atoms with van der Waals surface area (Å²) in [6.45, 7) is 9.72. The van der Waals surface area contributed by atoms with Gasteiger partial charge in [0.1, 0.15) is 5.75 Å². The molecule has 1 saturated heterocycles. The van der Waals surface area contributed by atoms with E-state index >= 15 is 0 Å². The Morgan fingerprint density at radius 3 is 2.00 bits per heavy atom. The van der Waals surface area contributed by atoms with Gasteiger partial charge in [-0.2, -0.15) is 0 Å². The fourth-order valence-electron chi connectivity index (χ4n) is 4.65. The van der Waals surface area contributed by atoms with Crippen molar-refractivity contribution < 1.29 is 14.9 Å². The van der Waals surface area contributed by atoms with E-state index in [0.29, 0.717) is 31.8 Å². The van der Waals surface area contributed by atoms with Crippen molar-refractivity contribution in [2.75, 3.05) is 13.2 Å². The maximum absolute atomic E-state index is 11.1. The molecule has 0 radical (unpaired) electrons. The standard InChI is InChI=1S/C24H32O3/c1-5-23(6-2,20-8-10-22(25)18(4)16-20)19-7-9-21(17(3)15-19)24(26)11-13-27-14-12-24/h7-10,15-16,25-26H,5-6,11-14H2,1-4H3. The van der Waals surface area contributed by atoms with E-state index in [9.17, 15) is 10.2 Å². The number of aryl methyl sites for hydroxylation is 2. The SMILES string of the molecule is CCC(CC)(c1ccc(O)c(C)c1)c1ccc(C2(O)CCOCC2)c(C)c1. The topological polar surface area (TPSA) is 49.7 Å². The van der Waals surface area contributed by atoms with Gasteiger partial charge in [0.25, 0.3) is 0 Å². The van der Waals surface area contributed by atoms with Crippen LogP contribution in [0.1, 0.15) is 67.3 Å². The summed E-state index contributed by atoms with van der Waals surface area (Å²) in [5.74, 6) is 0.341. The molecule has 1 aliphatic heterocycles. The van der Waals surface area contributed by atoms with Gasteiger partial charge in [-0.1, -0.05) is 44.2 Å². The van der Waals surface area contributed by atoms with Gasteiger partial charge in [0.15, 0.2) is 0 Å². The van der Waals surface area contributed by atoms with Crippen LogP contribution in [0.4, 0.5) is 0 Å². The molecule has 0 spiro atoms. The molecule has 0 saturated carbocycles. The Kier molecular flexibility index (Phi) is 5.64. The van der Waals surface area contributed by atoms with E-state index < -0.39 is 5.60 Å². The van der Waals surface area contributed by atoms with E-state index in [2.05, 4.69) is 45.0 Å². The number of phenols is 1. The molecule has 0 aliphatic carbocycles. The van der Waals surface area contributed by atoms with E-state index in [0.717, 1.165) is 29.5 Å². The third-order valence-electron chi connectivity index (χ3n) is 6.56. The molecule has 2 N–H and O–H groups in total. The maximum Gasteiger partial charge on any atom is 0.118 e. The molecule has 0 bridgehead atoms. The second-order valence-corrected chi connectivity index (χ2v) is 7.96. The lowest BCUT2D eigenvalue weighted by atomic mass is 9.69. The van der Waals surface area contributed by atoms with Crippen molar-refractivity contribution in [3.8, 4) is 5.75 Å². The highest BCUT2D eigenvalue weighted by atomic mass is 16.5. The molecule has 1 aliphatic rings. The summed E-state index contributed by atoms with van der Waals surface area (Å²) in [5.41, 5.74) is 4.70. The summed E-state index contributed by atoms with van der Waals surface area (Å²) in [7, 11) is 0. The molecule has 0 unspecified atom stereocenters. The summed E-state index contributed by atoms with van der Waals surface area (Å²) in [4.78, 5) is 0. The van der Waals surface area contributed by atoms with Crippen LogP contribution in [0.25, 0.3) is 0 Å². The molecule has 0 atom stereocenters. The summed E-state index contributed by atoms with van der Waals surface area (Å²) < 4.78 is 5.44. The van der Waals surface area contributed by atoms with E-state index in [1.807, 2.05) is 13.0 Å². The van der Waals surface area contributed by atoms with Crippen molar-refractivity contribution in [1.82, 2.24) is 0 Å². The molecule has 3 rings (SSSR count). The Morgan fingerprint density at radius 2 is 1.48 bits per heavy atom. The van der Waals surface area contributed by atoms with Crippen LogP contribution in [0.15, 0.2) is 36.4 Å². The molecule has 3 heteroatoms. The van der Waals surface area contributed by atoms with Gasteiger partial charge >= 0.3 is 0 Å². The van der Waals surface area contributed by atoms with Crippen LogP contribution in [0.5, 0.6) is 5.75 Å². The largest absolute Gasteiger partial charge is 0.508 e. The van der Waals surface area contributed by atoms with E-state index in [1.54, 1.807) is 6.07 Å². The predicted octanol–water partition coefficient (Wildman–Crippen LogP) is 5.11. The number of hydrogen-bond acceptors (Lipinski definition) is 3. The zero-order valence-electron chi connectivity index (χ0n) is 17.0. The van der Waals surface area contributed by atoms with Gasteiger partial charge in [-0.3, -0.25) is 0 Å². The van der Waals surface area contributed by atoms with Crippen LogP contribution in [0, 0.1) is 13.8 Å². The van der Waals surface area contributed by atoms with Gasteiger partial charge in [0.2, 0.25) is 0 Å². The minimum Gasteiger partial charge on any atom is -0.508 e. The minimum absolute atomic E-state index is 0.0972. The number of hydrogen-bond donors (Lipinski definition) is 2. The lowest BCUT2D eigenvalue weighted by Crippen LogP contribution is -2.34. The van der Waals surface area contributed by atoms with Crippen LogP contribution in [0.3, 0.4) is 0 Å². The molecule has 0 amide bonds. The second kappa shape index (κ2) is 7.65. The van der Waals surface area contributed by atoms with E-state index in [4.69, 9.17) is 4.74 Å². The zero-order valence-corrected chi connectivity index (χ0v) is 17.0. The lowest BCUT2D eigenvalue weighted by Gasteiger charge is -2.37. The molecule has 2 aromatic rings. The smallest absolute Gasteiger partial charge is 0.118 e. The van der Waals surface area contributed by atoms with Gasteiger partial charge < -0.3 is 14.9 Å². The Balaban J connectivity index is 2.06. The molecular weight excluding hydrogens is 336 g/mol. The number of rotatable bonds is 5. The number of aromatic hydroxyl groups is 1. The highest BCUT2D eigenvalue weighted by Crippen LogP contribution is 2.42. The fraction of sp³-hybridized carbons (Fsp3) is 0.500. The molecule has 146 valence electrons. The number of aliphatic hydroxyl groups is 1. The van der Waals surface area contributed by atoms with Gasteiger partial charge in [-0.25, -0.2) is 0 Å². The number of ether oxygens (including phenoxy) is 1. The Hall–Kier alpha value is -1.84. The highest BCUT2D eigenvalue weighted by molar-refractivity contribution is 5.47. The second-order valence-electron chi connectivity index (χ2n) is 7.96. The Morgan fingerprint density at radius 1 is 0.926 bits per heavy atom. The first-order valence-electron chi connectivity index (χ1n) is 10.1. The molecule has 0 aromatic heterocycles. The van der Waals surface area contributed by atoms with Crippen molar-refractivity contribution in [2.24, 2.45) is 0 Å². The molecule has 3 nitrogen and oxygen atoms in total. The van der Waals surface area contributed by atoms with E-state index in [1.165, 1.54) is 11.1 Å². The average molecular weight is 369 g/mol. The first kappa shape index (κ1) is 19.9. The lowest BCUT2D eigenvalue weighted by molar-refractivity contribution is -0.0682. The molecule has 1 heterocycles. The summed E-state index contributed by atoms with van der Waals surface area (Å²) in [5, 5.41) is 21.0. The fourth-order valence-corrected chi connectivity index (χ4v) is 4.65. The van der Waals surface area contributed by atoms with Crippen LogP contribution in [0.2, 0.25) is 0 Å².